The first-order chi connectivity index (χ1) is 10.3. The summed E-state index contributed by atoms with van der Waals surface area (Å²) in [6, 6.07) is 15.4. The molecule has 0 amide bonds. The number of hydrogen-bond donors (Lipinski definition) is 0. The van der Waals surface area contributed by atoms with Crippen LogP contribution in [0, 0.1) is 0 Å². The van der Waals surface area contributed by atoms with Gasteiger partial charge in [0.05, 0.1) is 7.11 Å². The van der Waals surface area contributed by atoms with Gasteiger partial charge in [-0.3, -0.25) is 0 Å². The fraction of sp³-hybridized carbons (Fsp3) is 0.235. The summed E-state index contributed by atoms with van der Waals surface area (Å²) < 4.78 is 15.4. The summed E-state index contributed by atoms with van der Waals surface area (Å²) in [4.78, 5) is 11.0. The molecule has 21 heavy (non-hydrogen) atoms. The minimum absolute atomic E-state index is 0.0343. The maximum Gasteiger partial charge on any atom is 0.513 e. The molecule has 2 aromatic rings. The normalized spacial score (nSPS) is 16.5. The number of fused-ring (bicyclic) bond motifs is 1. The van der Waals surface area contributed by atoms with E-state index in [1.54, 1.807) is 12.1 Å². The highest BCUT2D eigenvalue weighted by atomic mass is 16.7. The van der Waals surface area contributed by atoms with Gasteiger partial charge in [0.1, 0.15) is 17.6 Å². The van der Waals surface area contributed by atoms with E-state index in [4.69, 9.17) is 9.47 Å². The molecular weight excluding hydrogens is 268 g/mol. The van der Waals surface area contributed by atoms with Crippen molar-refractivity contribution in [1.29, 1.82) is 0 Å². The third-order valence-electron chi connectivity index (χ3n) is 3.54. The van der Waals surface area contributed by atoms with Gasteiger partial charge < -0.3 is 14.2 Å². The van der Waals surface area contributed by atoms with Crippen LogP contribution in [0.15, 0.2) is 48.5 Å². The van der Waals surface area contributed by atoms with Crippen LogP contribution in [0.2, 0.25) is 0 Å². The first-order valence-corrected chi connectivity index (χ1v) is 6.86. The molecule has 0 aromatic heterocycles. The topological polar surface area (TPSA) is 44.8 Å². The summed E-state index contributed by atoms with van der Waals surface area (Å²) in [6.07, 6.45) is 1.26. The van der Waals surface area contributed by atoms with E-state index in [0.29, 0.717) is 5.75 Å². The van der Waals surface area contributed by atoms with E-state index in [1.807, 2.05) is 30.3 Å². The van der Waals surface area contributed by atoms with Gasteiger partial charge in [0.25, 0.3) is 0 Å². The lowest BCUT2D eigenvalue weighted by Gasteiger charge is -2.26. The molecule has 0 radical (unpaired) electrons. The van der Waals surface area contributed by atoms with E-state index in [1.165, 1.54) is 12.7 Å². The minimum Gasteiger partial charge on any atom is -0.485 e. The second-order valence-corrected chi connectivity index (χ2v) is 4.88. The molecule has 108 valence electrons. The highest BCUT2D eigenvalue weighted by molar-refractivity contribution is 5.63. The van der Waals surface area contributed by atoms with Crippen molar-refractivity contribution in [3.8, 4) is 11.5 Å². The summed E-state index contributed by atoms with van der Waals surface area (Å²) in [5, 5.41) is 0. The van der Waals surface area contributed by atoms with Crippen molar-refractivity contribution in [1.82, 2.24) is 0 Å². The molecule has 0 bridgehead atoms. The number of benzene rings is 2. The zero-order valence-corrected chi connectivity index (χ0v) is 11.7. The van der Waals surface area contributed by atoms with Gasteiger partial charge in [0, 0.05) is 0 Å². The maximum atomic E-state index is 11.0. The van der Waals surface area contributed by atoms with E-state index in [-0.39, 0.29) is 6.10 Å². The summed E-state index contributed by atoms with van der Waals surface area (Å²) in [6.45, 7) is 0. The predicted octanol–water partition coefficient (Wildman–Crippen LogP) is 3.90. The summed E-state index contributed by atoms with van der Waals surface area (Å²) in [7, 11) is 1.28. The number of methoxy groups -OCH3 is 1. The monoisotopic (exact) mass is 284 g/mol. The number of carbonyl (C=O) groups excluding carboxylic acids is 1. The van der Waals surface area contributed by atoms with Crippen LogP contribution in [0.4, 0.5) is 4.79 Å². The van der Waals surface area contributed by atoms with E-state index >= 15 is 0 Å². The average molecular weight is 284 g/mol. The molecule has 0 fully saturated rings. The van der Waals surface area contributed by atoms with E-state index < -0.39 is 6.16 Å². The Hall–Kier alpha value is -2.49. The van der Waals surface area contributed by atoms with Crippen molar-refractivity contribution < 1.29 is 19.0 Å². The van der Waals surface area contributed by atoms with Crippen molar-refractivity contribution in [3.63, 3.8) is 0 Å². The second-order valence-electron chi connectivity index (χ2n) is 4.88. The van der Waals surface area contributed by atoms with Crippen LogP contribution in [0.1, 0.15) is 23.7 Å². The van der Waals surface area contributed by atoms with Gasteiger partial charge in [-0.25, -0.2) is 4.79 Å². The van der Waals surface area contributed by atoms with Crippen LogP contribution in [0.25, 0.3) is 0 Å². The number of aryl methyl sites for hydroxylation is 1. The fourth-order valence-corrected chi connectivity index (χ4v) is 2.45. The molecule has 1 atom stereocenters. The number of rotatable bonds is 2. The molecule has 1 aliphatic rings. The van der Waals surface area contributed by atoms with Crippen molar-refractivity contribution >= 4 is 6.16 Å². The van der Waals surface area contributed by atoms with Crippen LogP contribution in [-0.4, -0.2) is 13.3 Å². The summed E-state index contributed by atoms with van der Waals surface area (Å²) >= 11 is 0. The van der Waals surface area contributed by atoms with Gasteiger partial charge in [-0.05, 0) is 42.2 Å². The second kappa shape index (κ2) is 5.87. The van der Waals surface area contributed by atoms with Crippen LogP contribution in [0.5, 0.6) is 11.5 Å². The molecule has 1 unspecified atom stereocenters. The first-order valence-electron chi connectivity index (χ1n) is 6.86. The van der Waals surface area contributed by atoms with Crippen molar-refractivity contribution in [3.05, 3.63) is 59.7 Å². The minimum atomic E-state index is -0.717. The van der Waals surface area contributed by atoms with E-state index in [9.17, 15) is 4.79 Å². The lowest BCUT2D eigenvalue weighted by molar-refractivity contribution is 0.121. The molecule has 4 nitrogen and oxygen atoms in total. The molecular formula is C17H16O4. The Labute approximate surface area is 123 Å². The van der Waals surface area contributed by atoms with Gasteiger partial charge >= 0.3 is 6.16 Å². The Morgan fingerprint density at radius 2 is 1.90 bits per heavy atom. The average Bonchev–Trinajstić information content (AvgIpc) is 2.55. The highest BCUT2D eigenvalue weighted by Gasteiger charge is 2.20. The zero-order chi connectivity index (χ0) is 14.7. The fourth-order valence-electron chi connectivity index (χ4n) is 2.45. The third-order valence-corrected chi connectivity index (χ3v) is 3.54. The Kier molecular flexibility index (Phi) is 3.77. The smallest absolute Gasteiger partial charge is 0.485 e. The van der Waals surface area contributed by atoms with Gasteiger partial charge in [-0.1, -0.05) is 30.3 Å². The Morgan fingerprint density at radius 1 is 1.14 bits per heavy atom. The van der Waals surface area contributed by atoms with Crippen LogP contribution in [-0.2, 0) is 11.2 Å². The zero-order valence-electron chi connectivity index (χ0n) is 11.7. The lowest BCUT2D eigenvalue weighted by atomic mass is 9.97. The first kappa shape index (κ1) is 13.5. The maximum absolute atomic E-state index is 11.0. The SMILES string of the molecule is COC(=O)Oc1ccc(C2CCc3ccccc3O2)cc1. The molecule has 0 saturated heterocycles. The molecule has 0 spiro atoms. The van der Waals surface area contributed by atoms with Crippen molar-refractivity contribution in [2.24, 2.45) is 0 Å². The summed E-state index contributed by atoms with van der Waals surface area (Å²) in [5.74, 6) is 1.41. The number of carbonyl (C=O) groups is 1. The molecule has 0 saturated carbocycles. The highest BCUT2D eigenvalue weighted by Crippen LogP contribution is 2.34. The van der Waals surface area contributed by atoms with Crippen LogP contribution >= 0.6 is 0 Å². The molecule has 1 aliphatic heterocycles. The van der Waals surface area contributed by atoms with Gasteiger partial charge in [-0.2, -0.15) is 0 Å². The molecule has 1 heterocycles. The van der Waals surface area contributed by atoms with Crippen LogP contribution in [0.3, 0.4) is 0 Å². The standard InChI is InChI=1S/C17H16O4/c1-19-17(18)20-14-9-6-13(7-10-14)16-11-8-12-4-2-3-5-15(12)21-16/h2-7,9-10,16H,8,11H2,1H3. The third kappa shape index (κ3) is 2.99. The number of ether oxygens (including phenoxy) is 3. The number of para-hydroxylation sites is 1. The lowest BCUT2D eigenvalue weighted by Crippen LogP contribution is -2.15. The van der Waals surface area contributed by atoms with E-state index in [2.05, 4.69) is 10.8 Å². The van der Waals surface area contributed by atoms with Crippen LogP contribution < -0.4 is 9.47 Å². The molecule has 0 aliphatic carbocycles. The molecule has 4 heteroatoms. The molecule has 3 rings (SSSR count). The Balaban J connectivity index is 1.72. The predicted molar refractivity (Wildman–Crippen MR) is 77.6 cm³/mol. The largest absolute Gasteiger partial charge is 0.513 e. The Bertz CT molecular complexity index is 633. The van der Waals surface area contributed by atoms with E-state index in [0.717, 1.165) is 24.2 Å². The number of hydrogen-bond acceptors (Lipinski definition) is 4. The van der Waals surface area contributed by atoms with Crippen molar-refractivity contribution in [2.75, 3.05) is 7.11 Å². The quantitative estimate of drug-likeness (QED) is 0.619. The van der Waals surface area contributed by atoms with Gasteiger partial charge in [0.2, 0.25) is 0 Å². The molecule has 2 aromatic carbocycles. The van der Waals surface area contributed by atoms with Gasteiger partial charge in [0.15, 0.2) is 0 Å². The van der Waals surface area contributed by atoms with Gasteiger partial charge in [-0.15, -0.1) is 0 Å². The van der Waals surface area contributed by atoms with Crippen molar-refractivity contribution in [2.45, 2.75) is 18.9 Å². The summed E-state index contributed by atoms with van der Waals surface area (Å²) in [5.41, 5.74) is 2.32. The Morgan fingerprint density at radius 3 is 2.67 bits per heavy atom. The molecule has 0 N–H and O–H groups in total.